The van der Waals surface area contributed by atoms with E-state index in [1.165, 1.54) is 15.1 Å². The first kappa shape index (κ1) is 8.21. The number of hydrogen-bond donors (Lipinski definition) is 1. The van der Waals surface area contributed by atoms with Crippen molar-refractivity contribution in [3.05, 3.63) is 16.5 Å². The second-order valence-electron chi connectivity index (χ2n) is 2.82. The maximum Gasteiger partial charge on any atom is 0.138 e. The molecule has 2 rings (SSSR count). The Morgan fingerprint density at radius 2 is 2.50 bits per heavy atom. The number of nitrogens with one attached hydrogen (secondary N) is 1. The monoisotopic (exact) mass is 198 g/mol. The number of aryl methyl sites for hydroxylation is 1. The molecule has 0 amide bonds. The predicted octanol–water partition coefficient (Wildman–Crippen LogP) is 0.907. The summed E-state index contributed by atoms with van der Waals surface area (Å²) in [6.07, 6.45) is 0. The molecular formula is C8H11N2PS. The standard InChI is InChI=1S/C8H11N2PS/c1-5-4-6(11)12-7(5)8-9-2-3-10-8/h4H,2-3,11H2,1H3,(H,9,10). The lowest BCUT2D eigenvalue weighted by Gasteiger charge is -1.98. The minimum Gasteiger partial charge on any atom is -0.367 e. The summed E-state index contributed by atoms with van der Waals surface area (Å²) < 4.78 is 1.28. The van der Waals surface area contributed by atoms with Crippen LogP contribution in [-0.2, 0) is 0 Å². The van der Waals surface area contributed by atoms with Gasteiger partial charge in [0.05, 0.1) is 11.4 Å². The molecule has 0 radical (unpaired) electrons. The van der Waals surface area contributed by atoms with Crippen LogP contribution in [0, 0.1) is 6.92 Å². The van der Waals surface area contributed by atoms with Crippen molar-refractivity contribution in [3.8, 4) is 0 Å². The maximum atomic E-state index is 4.39. The normalized spacial score (nSPS) is 16.0. The lowest BCUT2D eigenvalue weighted by atomic mass is 10.3. The van der Waals surface area contributed by atoms with Crippen LogP contribution < -0.4 is 9.94 Å². The zero-order valence-electron chi connectivity index (χ0n) is 6.92. The molecule has 0 saturated heterocycles. The summed E-state index contributed by atoms with van der Waals surface area (Å²) in [5.41, 5.74) is 1.32. The quantitative estimate of drug-likeness (QED) is 0.666. The van der Waals surface area contributed by atoms with Gasteiger partial charge in [0.1, 0.15) is 5.84 Å². The predicted molar refractivity (Wildman–Crippen MR) is 57.8 cm³/mol. The van der Waals surface area contributed by atoms with E-state index in [2.05, 4.69) is 32.5 Å². The molecule has 1 aliphatic heterocycles. The molecule has 1 aliphatic rings. The zero-order valence-corrected chi connectivity index (χ0v) is 8.90. The van der Waals surface area contributed by atoms with Gasteiger partial charge in [-0.05, 0) is 18.6 Å². The van der Waals surface area contributed by atoms with E-state index in [4.69, 9.17) is 0 Å². The molecule has 0 spiro atoms. The Morgan fingerprint density at radius 1 is 1.67 bits per heavy atom. The van der Waals surface area contributed by atoms with Crippen molar-refractivity contribution in [2.24, 2.45) is 4.99 Å². The number of rotatable bonds is 1. The van der Waals surface area contributed by atoms with Gasteiger partial charge in [-0.15, -0.1) is 11.3 Å². The molecule has 0 aromatic carbocycles. The van der Waals surface area contributed by atoms with Crippen molar-refractivity contribution in [2.45, 2.75) is 6.92 Å². The molecule has 12 heavy (non-hydrogen) atoms. The Bertz CT molecular complexity index is 330. The average Bonchev–Trinajstić information content (AvgIpc) is 2.58. The van der Waals surface area contributed by atoms with Crippen LogP contribution in [0.15, 0.2) is 11.1 Å². The minimum atomic E-state index is 0.916. The van der Waals surface area contributed by atoms with Crippen LogP contribution in [0.25, 0.3) is 0 Å². The minimum absolute atomic E-state index is 0.916. The van der Waals surface area contributed by atoms with E-state index >= 15 is 0 Å². The van der Waals surface area contributed by atoms with E-state index in [0.717, 1.165) is 18.9 Å². The van der Waals surface area contributed by atoms with Crippen LogP contribution in [0.4, 0.5) is 0 Å². The summed E-state index contributed by atoms with van der Waals surface area (Å²) in [5.74, 6) is 1.08. The molecule has 1 aromatic heterocycles. The fraction of sp³-hybridized carbons (Fsp3) is 0.375. The zero-order chi connectivity index (χ0) is 8.55. The molecule has 1 atom stereocenters. The van der Waals surface area contributed by atoms with Crippen molar-refractivity contribution in [2.75, 3.05) is 13.1 Å². The number of amidine groups is 1. The smallest absolute Gasteiger partial charge is 0.138 e. The molecule has 4 heteroatoms. The molecule has 0 fully saturated rings. The van der Waals surface area contributed by atoms with Crippen LogP contribution in [0.3, 0.4) is 0 Å². The largest absolute Gasteiger partial charge is 0.367 e. The Labute approximate surface area is 78.3 Å². The molecule has 1 N–H and O–H groups in total. The lowest BCUT2D eigenvalue weighted by Crippen LogP contribution is -2.18. The van der Waals surface area contributed by atoms with Gasteiger partial charge < -0.3 is 5.32 Å². The Balaban J connectivity index is 2.38. The molecule has 1 aromatic rings. The van der Waals surface area contributed by atoms with Crippen LogP contribution in [0.2, 0.25) is 0 Å². The summed E-state index contributed by atoms with van der Waals surface area (Å²) in [6.45, 7) is 4.03. The lowest BCUT2D eigenvalue weighted by molar-refractivity contribution is 0.960. The summed E-state index contributed by atoms with van der Waals surface area (Å²) >= 11 is 1.78. The van der Waals surface area contributed by atoms with Crippen molar-refractivity contribution >= 4 is 31.0 Å². The molecule has 0 saturated carbocycles. The fourth-order valence-electron chi connectivity index (χ4n) is 1.29. The van der Waals surface area contributed by atoms with Gasteiger partial charge in [-0.25, -0.2) is 0 Å². The molecular weight excluding hydrogens is 187 g/mol. The van der Waals surface area contributed by atoms with Gasteiger partial charge in [0.15, 0.2) is 0 Å². The number of hydrogen-bond acceptors (Lipinski definition) is 3. The first-order chi connectivity index (χ1) is 5.77. The van der Waals surface area contributed by atoms with Crippen molar-refractivity contribution in [1.82, 2.24) is 5.32 Å². The molecule has 2 nitrogen and oxygen atoms in total. The van der Waals surface area contributed by atoms with Crippen LogP contribution >= 0.6 is 20.6 Å². The Morgan fingerprint density at radius 3 is 3.00 bits per heavy atom. The summed E-state index contributed by atoms with van der Waals surface area (Å²) in [5, 5.41) is 3.28. The third kappa shape index (κ3) is 1.39. The highest BCUT2D eigenvalue weighted by Crippen LogP contribution is 2.17. The van der Waals surface area contributed by atoms with Gasteiger partial charge in [0.2, 0.25) is 0 Å². The van der Waals surface area contributed by atoms with Crippen molar-refractivity contribution < 1.29 is 0 Å². The second kappa shape index (κ2) is 3.15. The van der Waals surface area contributed by atoms with E-state index in [1.54, 1.807) is 11.3 Å². The molecule has 1 unspecified atom stereocenters. The van der Waals surface area contributed by atoms with Gasteiger partial charge in [-0.3, -0.25) is 4.99 Å². The van der Waals surface area contributed by atoms with Gasteiger partial charge in [0.25, 0.3) is 0 Å². The first-order valence-electron chi connectivity index (χ1n) is 3.92. The topological polar surface area (TPSA) is 24.4 Å². The molecule has 0 aliphatic carbocycles. The third-order valence-electron chi connectivity index (χ3n) is 1.83. The molecule has 2 heterocycles. The molecule has 64 valence electrons. The number of aliphatic imine (C=N–C) groups is 1. The van der Waals surface area contributed by atoms with Gasteiger partial charge >= 0.3 is 0 Å². The average molecular weight is 198 g/mol. The van der Waals surface area contributed by atoms with Gasteiger partial charge in [-0.2, -0.15) is 0 Å². The first-order valence-corrected chi connectivity index (χ1v) is 5.31. The SMILES string of the molecule is Cc1cc(P)sc1C1=NCCN1. The van der Waals surface area contributed by atoms with E-state index in [9.17, 15) is 0 Å². The highest BCUT2D eigenvalue weighted by Gasteiger charge is 2.12. The van der Waals surface area contributed by atoms with Crippen molar-refractivity contribution in [3.63, 3.8) is 0 Å². The highest BCUT2D eigenvalue weighted by molar-refractivity contribution is 7.43. The summed E-state index contributed by atoms with van der Waals surface area (Å²) in [7, 11) is 2.73. The van der Waals surface area contributed by atoms with E-state index in [1.807, 2.05) is 0 Å². The van der Waals surface area contributed by atoms with Crippen LogP contribution in [0.5, 0.6) is 0 Å². The Kier molecular flexibility index (Phi) is 2.16. The summed E-state index contributed by atoms with van der Waals surface area (Å²) in [4.78, 5) is 5.68. The van der Waals surface area contributed by atoms with Gasteiger partial charge in [0, 0.05) is 11.2 Å². The van der Waals surface area contributed by atoms with E-state index in [-0.39, 0.29) is 0 Å². The number of thiophene rings is 1. The summed E-state index contributed by atoms with van der Waals surface area (Å²) in [6, 6.07) is 2.17. The second-order valence-corrected chi connectivity index (χ2v) is 4.94. The Hall–Kier alpha value is -0.400. The van der Waals surface area contributed by atoms with Gasteiger partial charge in [-0.1, -0.05) is 9.24 Å². The fourth-order valence-corrected chi connectivity index (χ4v) is 2.82. The third-order valence-corrected chi connectivity index (χ3v) is 3.42. The van der Waals surface area contributed by atoms with E-state index < -0.39 is 0 Å². The number of nitrogens with zero attached hydrogens (tertiary/aromatic N) is 1. The van der Waals surface area contributed by atoms with Crippen LogP contribution in [0.1, 0.15) is 10.4 Å². The van der Waals surface area contributed by atoms with Crippen LogP contribution in [-0.4, -0.2) is 18.9 Å². The van der Waals surface area contributed by atoms with E-state index in [0.29, 0.717) is 0 Å². The maximum absolute atomic E-state index is 4.39. The molecule has 0 bridgehead atoms. The van der Waals surface area contributed by atoms with Crippen molar-refractivity contribution in [1.29, 1.82) is 0 Å². The highest BCUT2D eigenvalue weighted by atomic mass is 32.1.